The lowest BCUT2D eigenvalue weighted by molar-refractivity contribution is 0.0905. The van der Waals surface area contributed by atoms with Crippen molar-refractivity contribution in [3.8, 4) is 11.3 Å². The van der Waals surface area contributed by atoms with E-state index in [9.17, 15) is 9.90 Å². The standard InChI is InChI=1S/C21H18N4O2/c26-14-17(15-6-2-1-3-7-15)23-21(27)20-24-19(16-9-11-22-12-10-16)18-8-4-5-13-25(18)20/h1-13,17,26H,14H2,(H,23,27)/t17-/m1/s1. The molecule has 27 heavy (non-hydrogen) atoms. The number of nitrogens with one attached hydrogen (secondary N) is 1. The third-order valence-corrected chi connectivity index (χ3v) is 4.40. The van der Waals surface area contributed by atoms with E-state index >= 15 is 0 Å². The van der Waals surface area contributed by atoms with Crippen LogP contribution in [0, 0.1) is 0 Å². The maximum Gasteiger partial charge on any atom is 0.288 e. The molecule has 0 aliphatic rings. The highest BCUT2D eigenvalue weighted by molar-refractivity contribution is 5.94. The summed E-state index contributed by atoms with van der Waals surface area (Å²) < 4.78 is 1.75. The summed E-state index contributed by atoms with van der Waals surface area (Å²) in [4.78, 5) is 21.5. The van der Waals surface area contributed by atoms with E-state index in [1.54, 1.807) is 23.0 Å². The normalized spacial score (nSPS) is 12.0. The van der Waals surface area contributed by atoms with Crippen molar-refractivity contribution in [2.24, 2.45) is 0 Å². The van der Waals surface area contributed by atoms with Gasteiger partial charge < -0.3 is 10.4 Å². The first-order valence-electron chi connectivity index (χ1n) is 8.62. The maximum atomic E-state index is 12.9. The first kappa shape index (κ1) is 16.9. The van der Waals surface area contributed by atoms with Crippen LogP contribution in [-0.2, 0) is 0 Å². The number of carbonyl (C=O) groups excluding carboxylic acids is 1. The van der Waals surface area contributed by atoms with Crippen LogP contribution in [0.15, 0.2) is 79.3 Å². The van der Waals surface area contributed by atoms with E-state index < -0.39 is 6.04 Å². The monoisotopic (exact) mass is 358 g/mol. The van der Waals surface area contributed by atoms with Crippen LogP contribution in [0.4, 0.5) is 0 Å². The Balaban J connectivity index is 1.72. The van der Waals surface area contributed by atoms with E-state index in [1.807, 2.05) is 60.7 Å². The number of imidazole rings is 1. The fraction of sp³-hybridized carbons (Fsp3) is 0.0952. The molecule has 4 aromatic rings. The molecular weight excluding hydrogens is 340 g/mol. The number of aliphatic hydroxyl groups is 1. The Labute approximate surface area is 156 Å². The average molecular weight is 358 g/mol. The van der Waals surface area contributed by atoms with Gasteiger partial charge in [-0.15, -0.1) is 0 Å². The number of nitrogens with zero attached hydrogens (tertiary/aromatic N) is 3. The third kappa shape index (κ3) is 3.30. The summed E-state index contributed by atoms with van der Waals surface area (Å²) in [6, 6.07) is 18.3. The molecule has 3 aromatic heterocycles. The molecule has 6 nitrogen and oxygen atoms in total. The first-order valence-corrected chi connectivity index (χ1v) is 8.62. The van der Waals surface area contributed by atoms with Crippen molar-refractivity contribution >= 4 is 11.4 Å². The third-order valence-electron chi connectivity index (χ3n) is 4.40. The van der Waals surface area contributed by atoms with Crippen LogP contribution >= 0.6 is 0 Å². The largest absolute Gasteiger partial charge is 0.394 e. The number of hydrogen-bond acceptors (Lipinski definition) is 4. The van der Waals surface area contributed by atoms with Gasteiger partial charge in [-0.3, -0.25) is 14.2 Å². The molecular formula is C21H18N4O2. The lowest BCUT2D eigenvalue weighted by atomic mass is 10.1. The van der Waals surface area contributed by atoms with Gasteiger partial charge in [-0.25, -0.2) is 4.98 Å². The second-order valence-corrected chi connectivity index (χ2v) is 6.10. The quantitative estimate of drug-likeness (QED) is 0.575. The van der Waals surface area contributed by atoms with Crippen LogP contribution in [0.25, 0.3) is 16.8 Å². The molecule has 0 saturated carbocycles. The van der Waals surface area contributed by atoms with E-state index in [0.717, 1.165) is 16.6 Å². The molecule has 0 bridgehead atoms. The number of benzene rings is 1. The molecule has 4 rings (SSSR count). The fourth-order valence-corrected chi connectivity index (χ4v) is 3.06. The number of rotatable bonds is 5. The lowest BCUT2D eigenvalue weighted by Crippen LogP contribution is -2.32. The minimum Gasteiger partial charge on any atom is -0.394 e. The van der Waals surface area contributed by atoms with Gasteiger partial charge in [0.25, 0.3) is 5.91 Å². The number of amides is 1. The van der Waals surface area contributed by atoms with Gasteiger partial charge in [0, 0.05) is 24.2 Å². The average Bonchev–Trinajstić information content (AvgIpc) is 3.13. The summed E-state index contributed by atoms with van der Waals surface area (Å²) in [5.41, 5.74) is 3.26. The van der Waals surface area contributed by atoms with Crippen LogP contribution in [0.2, 0.25) is 0 Å². The molecule has 0 aliphatic heterocycles. The van der Waals surface area contributed by atoms with Gasteiger partial charge in [0.05, 0.1) is 23.9 Å². The Kier molecular flexibility index (Phi) is 4.63. The Morgan fingerprint density at radius 1 is 1.04 bits per heavy atom. The van der Waals surface area contributed by atoms with Crippen molar-refractivity contribution in [1.82, 2.24) is 19.7 Å². The second kappa shape index (κ2) is 7.39. The van der Waals surface area contributed by atoms with Crippen LogP contribution in [0.1, 0.15) is 22.2 Å². The fourth-order valence-electron chi connectivity index (χ4n) is 3.06. The molecule has 1 aromatic carbocycles. The number of hydrogen-bond donors (Lipinski definition) is 2. The predicted octanol–water partition coefficient (Wildman–Crippen LogP) is 2.86. The van der Waals surface area contributed by atoms with Crippen molar-refractivity contribution in [1.29, 1.82) is 0 Å². The highest BCUT2D eigenvalue weighted by atomic mass is 16.3. The molecule has 0 aliphatic carbocycles. The van der Waals surface area contributed by atoms with E-state index in [4.69, 9.17) is 0 Å². The van der Waals surface area contributed by atoms with Gasteiger partial charge in [0.1, 0.15) is 0 Å². The number of pyridine rings is 2. The van der Waals surface area contributed by atoms with Gasteiger partial charge in [-0.05, 0) is 29.8 Å². The minimum absolute atomic E-state index is 0.198. The summed E-state index contributed by atoms with van der Waals surface area (Å²) in [5, 5.41) is 12.6. The molecule has 0 spiro atoms. The lowest BCUT2D eigenvalue weighted by Gasteiger charge is -2.16. The first-order chi connectivity index (χ1) is 13.3. The number of aromatic nitrogens is 3. The predicted molar refractivity (Wildman–Crippen MR) is 102 cm³/mol. The van der Waals surface area contributed by atoms with Gasteiger partial charge in [-0.1, -0.05) is 36.4 Å². The van der Waals surface area contributed by atoms with Gasteiger partial charge in [0.15, 0.2) is 0 Å². The van der Waals surface area contributed by atoms with Crippen LogP contribution < -0.4 is 5.32 Å². The molecule has 0 unspecified atom stereocenters. The number of aliphatic hydroxyl groups excluding tert-OH is 1. The highest BCUT2D eigenvalue weighted by Gasteiger charge is 2.21. The van der Waals surface area contributed by atoms with Gasteiger partial charge >= 0.3 is 0 Å². The van der Waals surface area contributed by atoms with Crippen molar-refractivity contribution in [2.45, 2.75) is 6.04 Å². The van der Waals surface area contributed by atoms with E-state index in [0.29, 0.717) is 5.69 Å². The molecule has 2 N–H and O–H groups in total. The molecule has 1 amide bonds. The van der Waals surface area contributed by atoms with E-state index in [-0.39, 0.29) is 18.3 Å². The molecule has 0 fully saturated rings. The van der Waals surface area contributed by atoms with Gasteiger partial charge in [0.2, 0.25) is 5.82 Å². The Bertz CT molecular complexity index is 1060. The summed E-state index contributed by atoms with van der Waals surface area (Å²) in [6.07, 6.45) is 5.19. The topological polar surface area (TPSA) is 79.5 Å². The van der Waals surface area contributed by atoms with Crippen molar-refractivity contribution in [3.05, 3.63) is 90.6 Å². The Morgan fingerprint density at radius 2 is 1.78 bits per heavy atom. The van der Waals surface area contributed by atoms with Crippen molar-refractivity contribution < 1.29 is 9.90 Å². The zero-order valence-electron chi connectivity index (χ0n) is 14.5. The Hall–Kier alpha value is -3.51. The van der Waals surface area contributed by atoms with Crippen molar-refractivity contribution in [2.75, 3.05) is 6.61 Å². The summed E-state index contributed by atoms with van der Waals surface area (Å²) in [6.45, 7) is -0.198. The summed E-state index contributed by atoms with van der Waals surface area (Å²) in [7, 11) is 0. The smallest absolute Gasteiger partial charge is 0.288 e. The molecule has 1 atom stereocenters. The molecule has 134 valence electrons. The Morgan fingerprint density at radius 3 is 2.52 bits per heavy atom. The molecule has 0 saturated heterocycles. The van der Waals surface area contributed by atoms with E-state index in [2.05, 4.69) is 15.3 Å². The van der Waals surface area contributed by atoms with Crippen LogP contribution in [0.5, 0.6) is 0 Å². The minimum atomic E-state index is -0.501. The van der Waals surface area contributed by atoms with Crippen LogP contribution in [-0.4, -0.2) is 32.0 Å². The molecule has 0 radical (unpaired) electrons. The molecule has 3 heterocycles. The van der Waals surface area contributed by atoms with E-state index in [1.165, 1.54) is 0 Å². The zero-order chi connectivity index (χ0) is 18.6. The second-order valence-electron chi connectivity index (χ2n) is 6.10. The SMILES string of the molecule is O=C(N[C@H](CO)c1ccccc1)c1nc(-c2ccncc2)c2ccccn12. The number of carbonyl (C=O) groups is 1. The maximum absolute atomic E-state index is 12.9. The van der Waals surface area contributed by atoms with Crippen LogP contribution in [0.3, 0.4) is 0 Å². The van der Waals surface area contributed by atoms with Gasteiger partial charge in [-0.2, -0.15) is 0 Å². The number of fused-ring (bicyclic) bond motifs is 1. The summed E-state index contributed by atoms with van der Waals surface area (Å²) >= 11 is 0. The summed E-state index contributed by atoms with van der Waals surface area (Å²) in [5.74, 6) is -0.0776. The zero-order valence-corrected chi connectivity index (χ0v) is 14.5. The molecule has 6 heteroatoms. The highest BCUT2D eigenvalue weighted by Crippen LogP contribution is 2.24. The van der Waals surface area contributed by atoms with Crippen molar-refractivity contribution in [3.63, 3.8) is 0 Å².